The van der Waals surface area contributed by atoms with Crippen LogP contribution in [-0.2, 0) is 14.4 Å². The summed E-state index contributed by atoms with van der Waals surface area (Å²) in [4.78, 5) is 38.2. The van der Waals surface area contributed by atoms with Crippen molar-refractivity contribution in [2.24, 2.45) is 40.4 Å². The number of aliphatic hydroxyl groups excluding tert-OH is 1. The number of ketones is 3. The number of aliphatic hydroxyl groups is 1. The van der Waals surface area contributed by atoms with E-state index in [1.54, 1.807) is 6.92 Å². The molecule has 0 aromatic rings. The number of carbonyl (C=O) groups excluding carboxylic acids is 3. The van der Waals surface area contributed by atoms with Gasteiger partial charge in [0.05, 0.1) is 6.10 Å². The van der Waals surface area contributed by atoms with Crippen LogP contribution in [-0.4, -0.2) is 28.6 Å². The number of rotatable bonds is 1. The topological polar surface area (TPSA) is 71.4 Å². The van der Waals surface area contributed by atoms with Gasteiger partial charge in [0.25, 0.3) is 0 Å². The third-order valence-corrected chi connectivity index (χ3v) is 8.86. The Bertz CT molecular complexity index is 640. The molecule has 0 aliphatic heterocycles. The first kappa shape index (κ1) is 17.4. The SMILES string of the molecule is CC(=O)[C@@H]1CC[C@@H]2[C@@H]3C(=O)C[C@H]4CCCC(=O)[C@]4(C)[C@@H]3C[C@@H](O)[C@]21C. The van der Waals surface area contributed by atoms with Crippen molar-refractivity contribution >= 4 is 17.3 Å². The van der Waals surface area contributed by atoms with E-state index in [-0.39, 0.29) is 41.2 Å². The molecule has 0 aromatic carbocycles. The summed E-state index contributed by atoms with van der Waals surface area (Å²) in [7, 11) is 0. The van der Waals surface area contributed by atoms with Crippen LogP contribution in [0.25, 0.3) is 0 Å². The van der Waals surface area contributed by atoms with Crippen molar-refractivity contribution in [3.8, 4) is 0 Å². The van der Waals surface area contributed by atoms with Crippen LogP contribution in [0, 0.1) is 40.4 Å². The highest BCUT2D eigenvalue weighted by Crippen LogP contribution is 2.66. The maximum atomic E-state index is 13.1. The van der Waals surface area contributed by atoms with E-state index in [9.17, 15) is 19.5 Å². The molecule has 0 heterocycles. The van der Waals surface area contributed by atoms with Gasteiger partial charge in [0.2, 0.25) is 0 Å². The number of Topliss-reactive ketones (excluding diaryl/α,β-unsaturated/α-hetero) is 3. The van der Waals surface area contributed by atoms with Crippen LogP contribution in [0.1, 0.15) is 65.7 Å². The lowest BCUT2D eigenvalue weighted by atomic mass is 9.43. The molecule has 0 saturated heterocycles. The van der Waals surface area contributed by atoms with Crippen molar-refractivity contribution in [1.82, 2.24) is 0 Å². The number of fused-ring (bicyclic) bond motifs is 5. The number of carbonyl (C=O) groups is 3. The van der Waals surface area contributed by atoms with Crippen molar-refractivity contribution in [3.63, 3.8) is 0 Å². The van der Waals surface area contributed by atoms with Crippen LogP contribution in [0.5, 0.6) is 0 Å². The van der Waals surface area contributed by atoms with Gasteiger partial charge in [0.15, 0.2) is 0 Å². The molecule has 0 radical (unpaired) electrons. The van der Waals surface area contributed by atoms with Gasteiger partial charge in [-0.3, -0.25) is 14.4 Å². The Morgan fingerprint density at radius 3 is 2.52 bits per heavy atom. The maximum Gasteiger partial charge on any atom is 0.139 e. The van der Waals surface area contributed by atoms with Gasteiger partial charge >= 0.3 is 0 Å². The predicted molar refractivity (Wildman–Crippen MR) is 92.7 cm³/mol. The molecule has 0 bridgehead atoms. The van der Waals surface area contributed by atoms with Crippen LogP contribution >= 0.6 is 0 Å². The van der Waals surface area contributed by atoms with Crippen molar-refractivity contribution in [3.05, 3.63) is 0 Å². The zero-order chi connectivity index (χ0) is 18.1. The Morgan fingerprint density at radius 2 is 1.84 bits per heavy atom. The molecule has 8 atom stereocenters. The summed E-state index contributed by atoms with van der Waals surface area (Å²) >= 11 is 0. The summed E-state index contributed by atoms with van der Waals surface area (Å²) in [5, 5.41) is 11.1. The lowest BCUT2D eigenvalue weighted by Crippen LogP contribution is -2.62. The fourth-order valence-electron chi connectivity index (χ4n) is 7.41. The second-order valence-corrected chi connectivity index (χ2v) is 9.56. The van der Waals surface area contributed by atoms with Gasteiger partial charge in [0, 0.05) is 35.5 Å². The van der Waals surface area contributed by atoms with E-state index in [1.807, 2.05) is 6.92 Å². The van der Waals surface area contributed by atoms with Gasteiger partial charge in [-0.2, -0.15) is 0 Å². The molecule has 4 saturated carbocycles. The second kappa shape index (κ2) is 5.48. The minimum absolute atomic E-state index is 0.0372. The molecule has 4 nitrogen and oxygen atoms in total. The van der Waals surface area contributed by atoms with E-state index >= 15 is 0 Å². The summed E-state index contributed by atoms with van der Waals surface area (Å²) in [6.07, 6.45) is 4.43. The summed E-state index contributed by atoms with van der Waals surface area (Å²) < 4.78 is 0. The summed E-state index contributed by atoms with van der Waals surface area (Å²) in [6, 6.07) is 0. The van der Waals surface area contributed by atoms with Gasteiger partial charge < -0.3 is 5.11 Å². The number of hydrogen-bond donors (Lipinski definition) is 1. The molecular weight excluding hydrogens is 316 g/mol. The van der Waals surface area contributed by atoms with Crippen molar-refractivity contribution in [2.75, 3.05) is 0 Å². The van der Waals surface area contributed by atoms with Crippen LogP contribution in [0.15, 0.2) is 0 Å². The fraction of sp³-hybridized carbons (Fsp3) is 0.857. The molecular formula is C21H30O4. The second-order valence-electron chi connectivity index (χ2n) is 9.56. The Labute approximate surface area is 149 Å². The molecule has 4 heteroatoms. The molecule has 25 heavy (non-hydrogen) atoms. The molecule has 138 valence electrons. The highest BCUT2D eigenvalue weighted by molar-refractivity contribution is 5.92. The van der Waals surface area contributed by atoms with E-state index in [1.165, 1.54) is 0 Å². The average molecular weight is 346 g/mol. The average Bonchev–Trinajstić information content (AvgIpc) is 2.90. The number of hydrogen-bond acceptors (Lipinski definition) is 4. The predicted octanol–water partition coefficient (Wildman–Crippen LogP) is 2.95. The fourth-order valence-corrected chi connectivity index (χ4v) is 7.41. The van der Waals surface area contributed by atoms with Gasteiger partial charge in [-0.05, 0) is 56.8 Å². The third-order valence-electron chi connectivity index (χ3n) is 8.86. The monoisotopic (exact) mass is 346 g/mol. The van der Waals surface area contributed by atoms with E-state index in [4.69, 9.17) is 0 Å². The van der Waals surface area contributed by atoms with Crippen LogP contribution in [0.2, 0.25) is 0 Å². The quantitative estimate of drug-likeness (QED) is 0.792. The van der Waals surface area contributed by atoms with Crippen molar-refractivity contribution < 1.29 is 19.5 Å². The van der Waals surface area contributed by atoms with E-state index in [0.29, 0.717) is 25.0 Å². The molecule has 0 aromatic heterocycles. The molecule has 0 spiro atoms. The van der Waals surface area contributed by atoms with Crippen LogP contribution < -0.4 is 0 Å². The zero-order valence-electron chi connectivity index (χ0n) is 15.6. The molecule has 4 aliphatic carbocycles. The van der Waals surface area contributed by atoms with Gasteiger partial charge in [-0.15, -0.1) is 0 Å². The lowest BCUT2D eigenvalue weighted by Gasteiger charge is -2.59. The summed E-state index contributed by atoms with van der Waals surface area (Å²) in [5.74, 6) is 0.528. The third kappa shape index (κ3) is 2.06. The first-order valence-electron chi connectivity index (χ1n) is 9.96. The molecule has 4 fully saturated rings. The van der Waals surface area contributed by atoms with Crippen molar-refractivity contribution in [2.45, 2.75) is 71.8 Å². The van der Waals surface area contributed by atoms with Gasteiger partial charge in [-0.1, -0.05) is 13.8 Å². The molecule has 4 rings (SSSR count). The van der Waals surface area contributed by atoms with Crippen LogP contribution in [0.3, 0.4) is 0 Å². The van der Waals surface area contributed by atoms with Gasteiger partial charge in [0.1, 0.15) is 17.3 Å². The highest BCUT2D eigenvalue weighted by atomic mass is 16.3. The normalized spacial score (nSPS) is 52.3. The molecule has 0 unspecified atom stereocenters. The Balaban J connectivity index is 1.78. The zero-order valence-corrected chi connectivity index (χ0v) is 15.6. The Hall–Kier alpha value is -1.03. The Kier molecular flexibility index (Phi) is 3.81. The van der Waals surface area contributed by atoms with Gasteiger partial charge in [-0.25, -0.2) is 0 Å². The molecule has 4 aliphatic rings. The maximum absolute atomic E-state index is 13.1. The largest absolute Gasteiger partial charge is 0.393 e. The van der Waals surface area contributed by atoms with E-state index < -0.39 is 16.9 Å². The standard InChI is InChI=1S/C21H30O4/c1-11(22)13-7-8-14-19-15(10-18(25)21(13,14)3)20(2)12(9-16(19)23)5-4-6-17(20)24/h12-15,18-19,25H,4-10H2,1-3H3/t12-,13+,14-,15-,18-,19+,20+,21+/m1/s1. The minimum Gasteiger partial charge on any atom is -0.393 e. The molecule has 0 amide bonds. The van der Waals surface area contributed by atoms with Crippen LogP contribution in [0.4, 0.5) is 0 Å². The first-order valence-corrected chi connectivity index (χ1v) is 9.96. The lowest BCUT2D eigenvalue weighted by molar-refractivity contribution is -0.180. The highest BCUT2D eigenvalue weighted by Gasteiger charge is 2.67. The van der Waals surface area contributed by atoms with E-state index in [0.717, 1.165) is 25.7 Å². The minimum atomic E-state index is -0.603. The van der Waals surface area contributed by atoms with E-state index in [2.05, 4.69) is 6.92 Å². The van der Waals surface area contributed by atoms with Crippen molar-refractivity contribution in [1.29, 1.82) is 0 Å². The smallest absolute Gasteiger partial charge is 0.139 e. The first-order chi connectivity index (χ1) is 11.7. The summed E-state index contributed by atoms with van der Waals surface area (Å²) in [5.41, 5.74) is -0.975. The summed E-state index contributed by atoms with van der Waals surface area (Å²) in [6.45, 7) is 5.69. The Morgan fingerprint density at radius 1 is 1.12 bits per heavy atom. The molecule has 1 N–H and O–H groups in total.